The van der Waals surface area contributed by atoms with Crippen LogP contribution in [0.2, 0.25) is 11.6 Å². The number of rotatable bonds is 4. The standard InChI is InChI=1S/C13H25B/c1-8-9-14(12(6)10(2)3)13(7)11(4)5/h10-13H,1-7H3. The van der Waals surface area contributed by atoms with Gasteiger partial charge >= 0.3 is 0 Å². The van der Waals surface area contributed by atoms with Gasteiger partial charge in [0.15, 0.2) is 0 Å². The molecule has 0 bridgehead atoms. The van der Waals surface area contributed by atoms with Gasteiger partial charge in [-0.05, 0) is 6.92 Å². The van der Waals surface area contributed by atoms with E-state index in [1.165, 1.54) is 0 Å². The van der Waals surface area contributed by atoms with Crippen molar-refractivity contribution in [3.05, 3.63) is 0 Å². The van der Waals surface area contributed by atoms with E-state index in [4.69, 9.17) is 0 Å². The predicted octanol–water partition coefficient (Wildman–Crippen LogP) is 4.14. The van der Waals surface area contributed by atoms with Crippen molar-refractivity contribution in [3.8, 4) is 11.7 Å². The Morgan fingerprint density at radius 2 is 1.14 bits per heavy atom. The number of hydrogen-bond acceptors (Lipinski definition) is 0. The van der Waals surface area contributed by atoms with Gasteiger partial charge in [-0.2, -0.15) is 5.82 Å². The van der Waals surface area contributed by atoms with Crippen LogP contribution in [0.4, 0.5) is 0 Å². The average Bonchev–Trinajstić information content (AvgIpc) is 2.11. The second kappa shape index (κ2) is 6.17. The summed E-state index contributed by atoms with van der Waals surface area (Å²) >= 11 is 0. The second-order valence-electron chi connectivity index (χ2n) is 5.13. The van der Waals surface area contributed by atoms with Crippen LogP contribution in [-0.4, -0.2) is 6.71 Å². The molecular weight excluding hydrogens is 167 g/mol. The Hall–Kier alpha value is -0.375. The van der Waals surface area contributed by atoms with Crippen LogP contribution in [0.5, 0.6) is 0 Å². The minimum Gasteiger partial charge on any atom is -0.155 e. The molecule has 0 amide bonds. The summed E-state index contributed by atoms with van der Waals surface area (Å²) in [4.78, 5) is 0. The van der Waals surface area contributed by atoms with Gasteiger partial charge in [0.25, 0.3) is 0 Å². The molecule has 0 aromatic rings. The van der Waals surface area contributed by atoms with Crippen LogP contribution in [0.15, 0.2) is 0 Å². The zero-order chi connectivity index (χ0) is 11.3. The van der Waals surface area contributed by atoms with Crippen LogP contribution in [0.3, 0.4) is 0 Å². The maximum atomic E-state index is 3.39. The first-order valence-corrected chi connectivity index (χ1v) is 5.84. The monoisotopic (exact) mass is 192 g/mol. The van der Waals surface area contributed by atoms with Crippen LogP contribution in [-0.2, 0) is 0 Å². The molecule has 0 saturated heterocycles. The molecule has 0 radical (unpaired) electrons. The molecule has 0 aliphatic heterocycles. The summed E-state index contributed by atoms with van der Waals surface area (Å²) in [7, 11) is 0. The van der Waals surface area contributed by atoms with Crippen molar-refractivity contribution in [2.75, 3.05) is 0 Å². The SMILES string of the molecule is CC#CB(C(C)C(C)C)C(C)C(C)C. The Morgan fingerprint density at radius 3 is 1.36 bits per heavy atom. The van der Waals surface area contributed by atoms with E-state index in [0.717, 1.165) is 11.8 Å². The van der Waals surface area contributed by atoms with Gasteiger partial charge < -0.3 is 0 Å². The molecule has 0 aromatic heterocycles. The molecule has 2 unspecified atom stereocenters. The zero-order valence-electron chi connectivity index (χ0n) is 10.9. The van der Waals surface area contributed by atoms with E-state index in [1.807, 2.05) is 6.92 Å². The Morgan fingerprint density at radius 1 is 0.786 bits per heavy atom. The molecule has 14 heavy (non-hydrogen) atoms. The fourth-order valence-corrected chi connectivity index (χ4v) is 1.74. The molecule has 0 nitrogen and oxygen atoms in total. The van der Waals surface area contributed by atoms with Crippen molar-refractivity contribution < 1.29 is 0 Å². The Kier molecular flexibility index (Phi) is 6.01. The fourth-order valence-electron chi connectivity index (χ4n) is 1.74. The Labute approximate surface area is 90.9 Å². The first-order valence-electron chi connectivity index (χ1n) is 5.84. The van der Waals surface area contributed by atoms with Crippen LogP contribution < -0.4 is 0 Å². The molecule has 2 atom stereocenters. The molecule has 80 valence electrons. The second-order valence-corrected chi connectivity index (χ2v) is 5.13. The molecule has 0 aromatic carbocycles. The van der Waals surface area contributed by atoms with Gasteiger partial charge in [-0.25, -0.2) is 0 Å². The summed E-state index contributed by atoms with van der Waals surface area (Å²) in [5.74, 6) is 9.32. The molecule has 0 spiro atoms. The molecule has 0 aliphatic carbocycles. The maximum absolute atomic E-state index is 3.39. The average molecular weight is 192 g/mol. The van der Waals surface area contributed by atoms with Crippen molar-refractivity contribution in [2.24, 2.45) is 11.8 Å². The van der Waals surface area contributed by atoms with Gasteiger partial charge in [0.05, 0.1) is 0 Å². The highest BCUT2D eigenvalue weighted by Gasteiger charge is 2.29. The summed E-state index contributed by atoms with van der Waals surface area (Å²) in [5.41, 5.74) is 0. The van der Waals surface area contributed by atoms with Gasteiger partial charge in [-0.1, -0.05) is 65.0 Å². The van der Waals surface area contributed by atoms with Gasteiger partial charge in [0.1, 0.15) is 0 Å². The summed E-state index contributed by atoms with van der Waals surface area (Å²) in [6, 6.07) is 0. The van der Waals surface area contributed by atoms with Crippen LogP contribution in [0.1, 0.15) is 48.5 Å². The van der Waals surface area contributed by atoms with E-state index < -0.39 is 0 Å². The van der Waals surface area contributed by atoms with Gasteiger partial charge in [-0.15, -0.1) is 5.92 Å². The lowest BCUT2D eigenvalue weighted by molar-refractivity contribution is 0.568. The molecule has 0 heterocycles. The third-order valence-corrected chi connectivity index (χ3v) is 3.55. The highest BCUT2D eigenvalue weighted by atomic mass is 14.1. The molecule has 0 aliphatic rings. The summed E-state index contributed by atoms with van der Waals surface area (Å²) in [5, 5.41) is 0. The summed E-state index contributed by atoms with van der Waals surface area (Å²) in [6.45, 7) is 16.3. The first kappa shape index (κ1) is 13.6. The maximum Gasteiger partial charge on any atom is 0.237 e. The lowest BCUT2D eigenvalue weighted by Gasteiger charge is -2.27. The van der Waals surface area contributed by atoms with Crippen LogP contribution in [0, 0.1) is 23.6 Å². The van der Waals surface area contributed by atoms with E-state index >= 15 is 0 Å². The number of hydrogen-bond donors (Lipinski definition) is 0. The molecule has 1 heteroatoms. The van der Waals surface area contributed by atoms with E-state index in [2.05, 4.69) is 53.3 Å². The van der Waals surface area contributed by atoms with Crippen molar-refractivity contribution in [1.29, 1.82) is 0 Å². The van der Waals surface area contributed by atoms with Crippen molar-refractivity contribution >= 4 is 6.71 Å². The predicted molar refractivity (Wildman–Crippen MR) is 67.7 cm³/mol. The van der Waals surface area contributed by atoms with Gasteiger partial charge in [0.2, 0.25) is 6.71 Å². The minimum absolute atomic E-state index is 0.556. The largest absolute Gasteiger partial charge is 0.237 e. The van der Waals surface area contributed by atoms with E-state index in [9.17, 15) is 0 Å². The molecule has 0 rings (SSSR count). The fraction of sp³-hybridized carbons (Fsp3) is 0.846. The minimum atomic E-state index is 0.556. The van der Waals surface area contributed by atoms with Crippen molar-refractivity contribution in [2.45, 2.75) is 60.1 Å². The lowest BCUT2D eigenvalue weighted by atomic mass is 9.32. The smallest absolute Gasteiger partial charge is 0.155 e. The van der Waals surface area contributed by atoms with Crippen LogP contribution >= 0.6 is 0 Å². The molecular formula is C13H25B. The summed E-state index contributed by atoms with van der Waals surface area (Å²) in [6.07, 6.45) is 0. The topological polar surface area (TPSA) is 0 Å². The lowest BCUT2D eigenvalue weighted by Crippen LogP contribution is -2.28. The Bertz CT molecular complexity index is 193. The Balaban J connectivity index is 4.64. The molecule has 0 fully saturated rings. The zero-order valence-corrected chi connectivity index (χ0v) is 10.9. The van der Waals surface area contributed by atoms with Crippen LogP contribution in [0.25, 0.3) is 0 Å². The van der Waals surface area contributed by atoms with Crippen molar-refractivity contribution in [3.63, 3.8) is 0 Å². The van der Waals surface area contributed by atoms with E-state index in [1.54, 1.807) is 0 Å². The van der Waals surface area contributed by atoms with Gasteiger partial charge in [-0.3, -0.25) is 0 Å². The molecule has 0 saturated carbocycles. The highest BCUT2D eigenvalue weighted by molar-refractivity contribution is 6.70. The third-order valence-electron chi connectivity index (χ3n) is 3.55. The van der Waals surface area contributed by atoms with Crippen molar-refractivity contribution in [1.82, 2.24) is 0 Å². The van der Waals surface area contributed by atoms with E-state index in [0.29, 0.717) is 18.3 Å². The first-order chi connectivity index (χ1) is 6.41. The highest BCUT2D eigenvalue weighted by Crippen LogP contribution is 2.31. The molecule has 0 N–H and O–H groups in total. The quantitative estimate of drug-likeness (QED) is 0.464. The van der Waals surface area contributed by atoms with Gasteiger partial charge in [0, 0.05) is 0 Å². The third kappa shape index (κ3) is 3.78. The summed E-state index contributed by atoms with van der Waals surface area (Å²) < 4.78 is 0. The van der Waals surface area contributed by atoms with E-state index in [-0.39, 0.29) is 0 Å². The normalized spacial score (nSPS) is 14.9.